The van der Waals surface area contributed by atoms with Crippen molar-refractivity contribution in [3.8, 4) is 11.5 Å². The van der Waals surface area contributed by atoms with Crippen molar-refractivity contribution in [2.75, 3.05) is 13.2 Å². The van der Waals surface area contributed by atoms with Gasteiger partial charge in [0.25, 0.3) is 5.91 Å². The summed E-state index contributed by atoms with van der Waals surface area (Å²) >= 11 is 0. The highest BCUT2D eigenvalue weighted by molar-refractivity contribution is 5.78. The minimum atomic E-state index is -0.217. The average molecular weight is 289 g/mol. The highest BCUT2D eigenvalue weighted by Crippen LogP contribution is 2.26. The van der Waals surface area contributed by atoms with Crippen LogP contribution in [0.1, 0.15) is 25.6 Å². The number of para-hydroxylation sites is 2. The zero-order valence-electron chi connectivity index (χ0n) is 12.2. The summed E-state index contributed by atoms with van der Waals surface area (Å²) in [5, 5.41) is 2.81. The van der Waals surface area contributed by atoms with E-state index in [9.17, 15) is 4.79 Å². The standard InChI is InChI=1S/C16H19NO4/c1-3-19-14-7-4-5-8-15(14)21-11-16(18)17-12(2)13-9-6-10-20-13/h4-10,12H,3,11H2,1-2H3,(H,17,18). The first-order valence-electron chi connectivity index (χ1n) is 6.88. The Kier molecular flexibility index (Phi) is 5.26. The molecule has 1 atom stereocenters. The van der Waals surface area contributed by atoms with Gasteiger partial charge in [0.1, 0.15) is 5.76 Å². The first-order chi connectivity index (χ1) is 10.2. The SMILES string of the molecule is CCOc1ccccc1OCC(=O)NC(C)c1ccco1. The van der Waals surface area contributed by atoms with E-state index in [1.54, 1.807) is 18.4 Å². The summed E-state index contributed by atoms with van der Waals surface area (Å²) < 4.78 is 16.2. The van der Waals surface area contributed by atoms with E-state index in [1.165, 1.54) is 0 Å². The second-order valence-corrected chi connectivity index (χ2v) is 4.47. The van der Waals surface area contributed by atoms with Crippen LogP contribution >= 0.6 is 0 Å². The van der Waals surface area contributed by atoms with E-state index in [-0.39, 0.29) is 18.6 Å². The van der Waals surface area contributed by atoms with Crippen molar-refractivity contribution in [1.29, 1.82) is 0 Å². The minimum Gasteiger partial charge on any atom is -0.490 e. The van der Waals surface area contributed by atoms with E-state index in [1.807, 2.05) is 38.1 Å². The van der Waals surface area contributed by atoms with Gasteiger partial charge in [-0.25, -0.2) is 0 Å². The van der Waals surface area contributed by atoms with E-state index in [0.717, 1.165) is 0 Å². The van der Waals surface area contributed by atoms with Crippen LogP contribution in [0.25, 0.3) is 0 Å². The van der Waals surface area contributed by atoms with Crippen molar-refractivity contribution in [1.82, 2.24) is 5.32 Å². The van der Waals surface area contributed by atoms with Crippen LogP contribution in [0.4, 0.5) is 0 Å². The number of furan rings is 1. The molecule has 0 saturated heterocycles. The Morgan fingerprint density at radius 2 is 1.90 bits per heavy atom. The molecule has 0 saturated carbocycles. The van der Waals surface area contributed by atoms with Gasteiger partial charge in [-0.2, -0.15) is 0 Å². The van der Waals surface area contributed by atoms with Crippen molar-refractivity contribution in [2.24, 2.45) is 0 Å². The lowest BCUT2D eigenvalue weighted by molar-refractivity contribution is -0.123. The Balaban J connectivity index is 1.86. The van der Waals surface area contributed by atoms with Crippen molar-refractivity contribution in [3.05, 3.63) is 48.4 Å². The lowest BCUT2D eigenvalue weighted by Crippen LogP contribution is -2.31. The number of amides is 1. The van der Waals surface area contributed by atoms with Gasteiger partial charge < -0.3 is 19.2 Å². The summed E-state index contributed by atoms with van der Waals surface area (Å²) in [5.41, 5.74) is 0. The molecule has 0 aliphatic carbocycles. The summed E-state index contributed by atoms with van der Waals surface area (Å²) in [6, 6.07) is 10.7. The smallest absolute Gasteiger partial charge is 0.258 e. The maximum Gasteiger partial charge on any atom is 0.258 e. The third-order valence-corrected chi connectivity index (χ3v) is 2.86. The molecular weight excluding hydrogens is 270 g/mol. The Morgan fingerprint density at radius 3 is 2.52 bits per heavy atom. The van der Waals surface area contributed by atoms with E-state index in [2.05, 4.69) is 5.32 Å². The first kappa shape index (κ1) is 15.0. The normalized spacial score (nSPS) is 11.7. The number of carbonyl (C=O) groups is 1. The summed E-state index contributed by atoms with van der Waals surface area (Å²) in [7, 11) is 0. The molecule has 0 bridgehead atoms. The molecule has 112 valence electrons. The number of ether oxygens (including phenoxy) is 2. The molecule has 1 heterocycles. The fourth-order valence-electron chi connectivity index (χ4n) is 1.88. The molecule has 21 heavy (non-hydrogen) atoms. The van der Waals surface area contributed by atoms with E-state index < -0.39 is 0 Å². The third kappa shape index (κ3) is 4.27. The van der Waals surface area contributed by atoms with Crippen LogP contribution in [0.15, 0.2) is 47.1 Å². The third-order valence-electron chi connectivity index (χ3n) is 2.86. The molecule has 1 unspecified atom stereocenters. The molecule has 1 N–H and O–H groups in total. The monoisotopic (exact) mass is 289 g/mol. The second-order valence-electron chi connectivity index (χ2n) is 4.47. The van der Waals surface area contributed by atoms with Gasteiger partial charge in [-0.3, -0.25) is 4.79 Å². The number of rotatable bonds is 7. The predicted octanol–water partition coefficient (Wildman–Crippen LogP) is 2.93. The van der Waals surface area contributed by atoms with Gasteiger partial charge in [0.15, 0.2) is 18.1 Å². The van der Waals surface area contributed by atoms with Crippen molar-refractivity contribution in [2.45, 2.75) is 19.9 Å². The number of hydrogen-bond acceptors (Lipinski definition) is 4. The van der Waals surface area contributed by atoms with E-state index in [4.69, 9.17) is 13.9 Å². The summed E-state index contributed by atoms with van der Waals surface area (Å²) in [5.74, 6) is 1.68. The highest BCUT2D eigenvalue weighted by atomic mass is 16.5. The Labute approximate surface area is 123 Å². The quantitative estimate of drug-likeness (QED) is 0.851. The molecule has 2 rings (SSSR count). The topological polar surface area (TPSA) is 60.7 Å². The summed E-state index contributed by atoms with van der Waals surface area (Å²) in [6.07, 6.45) is 1.58. The number of carbonyl (C=O) groups excluding carboxylic acids is 1. The molecule has 0 aliphatic heterocycles. The van der Waals surface area contributed by atoms with Crippen molar-refractivity contribution < 1.29 is 18.7 Å². The Hall–Kier alpha value is -2.43. The largest absolute Gasteiger partial charge is 0.490 e. The Bertz CT molecular complexity index is 565. The van der Waals surface area contributed by atoms with Gasteiger partial charge in [-0.15, -0.1) is 0 Å². The van der Waals surface area contributed by atoms with Crippen LogP contribution in [0.2, 0.25) is 0 Å². The summed E-state index contributed by atoms with van der Waals surface area (Å²) in [4.78, 5) is 11.9. The first-order valence-corrected chi connectivity index (χ1v) is 6.88. The molecule has 0 spiro atoms. The maximum absolute atomic E-state index is 11.9. The fraction of sp³-hybridized carbons (Fsp3) is 0.312. The molecule has 0 fully saturated rings. The number of benzene rings is 1. The van der Waals surface area contributed by atoms with Gasteiger partial charge in [-0.05, 0) is 38.1 Å². The van der Waals surface area contributed by atoms with E-state index in [0.29, 0.717) is 23.9 Å². The predicted molar refractivity (Wildman–Crippen MR) is 78.4 cm³/mol. The zero-order chi connectivity index (χ0) is 15.1. The van der Waals surface area contributed by atoms with Crippen LogP contribution in [0.5, 0.6) is 11.5 Å². The van der Waals surface area contributed by atoms with Crippen molar-refractivity contribution >= 4 is 5.91 Å². The molecule has 0 radical (unpaired) electrons. The lowest BCUT2D eigenvalue weighted by atomic mass is 10.2. The van der Waals surface area contributed by atoms with Crippen LogP contribution in [-0.2, 0) is 4.79 Å². The van der Waals surface area contributed by atoms with Gasteiger partial charge in [0.2, 0.25) is 0 Å². The highest BCUT2D eigenvalue weighted by Gasteiger charge is 2.13. The van der Waals surface area contributed by atoms with Crippen LogP contribution in [-0.4, -0.2) is 19.1 Å². The molecule has 2 aromatic rings. The molecule has 5 heteroatoms. The molecular formula is C16H19NO4. The maximum atomic E-state index is 11.9. The van der Waals surface area contributed by atoms with Crippen LogP contribution in [0, 0.1) is 0 Å². The van der Waals surface area contributed by atoms with Gasteiger partial charge in [-0.1, -0.05) is 12.1 Å². The lowest BCUT2D eigenvalue weighted by Gasteiger charge is -2.14. The Morgan fingerprint density at radius 1 is 1.19 bits per heavy atom. The summed E-state index contributed by atoms with van der Waals surface area (Å²) in [6.45, 7) is 4.22. The second kappa shape index (κ2) is 7.38. The molecule has 5 nitrogen and oxygen atoms in total. The minimum absolute atomic E-state index is 0.0743. The van der Waals surface area contributed by atoms with Crippen LogP contribution in [0.3, 0.4) is 0 Å². The van der Waals surface area contributed by atoms with Gasteiger partial charge in [0, 0.05) is 0 Å². The molecule has 0 aliphatic rings. The van der Waals surface area contributed by atoms with Gasteiger partial charge in [0.05, 0.1) is 18.9 Å². The number of nitrogens with one attached hydrogen (secondary N) is 1. The molecule has 1 aromatic carbocycles. The van der Waals surface area contributed by atoms with Crippen molar-refractivity contribution in [3.63, 3.8) is 0 Å². The van der Waals surface area contributed by atoms with Gasteiger partial charge >= 0.3 is 0 Å². The number of hydrogen-bond donors (Lipinski definition) is 1. The zero-order valence-corrected chi connectivity index (χ0v) is 12.2. The molecule has 1 aromatic heterocycles. The van der Waals surface area contributed by atoms with E-state index >= 15 is 0 Å². The van der Waals surface area contributed by atoms with Crippen LogP contribution < -0.4 is 14.8 Å². The molecule has 1 amide bonds. The average Bonchev–Trinajstić information content (AvgIpc) is 3.01. The fourth-order valence-corrected chi connectivity index (χ4v) is 1.88.